The first kappa shape index (κ1) is 16.0. The zero-order chi connectivity index (χ0) is 17.3. The molecule has 0 atom stereocenters. The van der Waals surface area contributed by atoms with E-state index >= 15 is 0 Å². The predicted octanol–water partition coefficient (Wildman–Crippen LogP) is 0.608. The average Bonchev–Trinajstić information content (AvgIpc) is 2.49. The SMILES string of the molecule is CNc1cc(NC2CC(c3cc(=O)[nH]c(N(C)C)n3)C2)nc(N)n1. The summed E-state index contributed by atoms with van der Waals surface area (Å²) in [5, 5.41) is 6.30. The quantitative estimate of drug-likeness (QED) is 0.628. The Kier molecular flexibility index (Phi) is 4.24. The van der Waals surface area contributed by atoms with Crippen LogP contribution in [0.25, 0.3) is 0 Å². The lowest BCUT2D eigenvalue weighted by Gasteiger charge is -2.36. The summed E-state index contributed by atoms with van der Waals surface area (Å²) >= 11 is 0. The van der Waals surface area contributed by atoms with Gasteiger partial charge in [0, 0.05) is 45.2 Å². The van der Waals surface area contributed by atoms with Crippen LogP contribution >= 0.6 is 0 Å². The van der Waals surface area contributed by atoms with Crippen molar-refractivity contribution >= 4 is 23.5 Å². The maximum Gasteiger partial charge on any atom is 0.252 e. The Morgan fingerprint density at radius 2 is 1.92 bits per heavy atom. The van der Waals surface area contributed by atoms with Crippen molar-refractivity contribution in [2.45, 2.75) is 24.8 Å². The molecule has 1 fully saturated rings. The molecule has 0 unspecified atom stereocenters. The first-order chi connectivity index (χ1) is 11.4. The van der Waals surface area contributed by atoms with Gasteiger partial charge in [-0.2, -0.15) is 9.97 Å². The molecule has 128 valence electrons. The van der Waals surface area contributed by atoms with Gasteiger partial charge in [-0.25, -0.2) is 4.98 Å². The van der Waals surface area contributed by atoms with Crippen molar-refractivity contribution in [2.24, 2.45) is 0 Å². The van der Waals surface area contributed by atoms with Gasteiger partial charge in [-0.3, -0.25) is 9.78 Å². The molecule has 0 spiro atoms. The summed E-state index contributed by atoms with van der Waals surface area (Å²) < 4.78 is 0. The zero-order valence-corrected chi connectivity index (χ0v) is 14.0. The van der Waals surface area contributed by atoms with Gasteiger partial charge in [0.2, 0.25) is 11.9 Å². The number of hydrogen-bond donors (Lipinski definition) is 4. The molecule has 0 saturated heterocycles. The number of rotatable bonds is 5. The molecule has 1 aliphatic rings. The molecule has 2 aromatic heterocycles. The Labute approximate surface area is 139 Å². The van der Waals surface area contributed by atoms with Crippen LogP contribution in [-0.2, 0) is 0 Å². The Morgan fingerprint density at radius 3 is 2.58 bits per heavy atom. The van der Waals surface area contributed by atoms with Crippen LogP contribution in [0, 0.1) is 0 Å². The summed E-state index contributed by atoms with van der Waals surface area (Å²) in [6, 6.07) is 3.67. The first-order valence-electron chi connectivity index (χ1n) is 7.82. The van der Waals surface area contributed by atoms with Crippen LogP contribution in [0.1, 0.15) is 24.5 Å². The van der Waals surface area contributed by atoms with Gasteiger partial charge in [0.25, 0.3) is 5.56 Å². The number of anilines is 4. The number of nitrogen functional groups attached to an aromatic ring is 1. The standard InChI is InChI=1S/C15H22N8O/c1-17-11-7-12(21-14(16)20-11)18-9-4-8(5-9)10-6-13(24)22-15(19-10)23(2)3/h6-9H,4-5H2,1-3H3,(H,19,22,24)(H4,16,17,18,20,21). The molecule has 3 rings (SSSR count). The molecule has 0 radical (unpaired) electrons. The molecular weight excluding hydrogens is 308 g/mol. The fraction of sp³-hybridized carbons (Fsp3) is 0.467. The van der Waals surface area contributed by atoms with Gasteiger partial charge in [-0.15, -0.1) is 0 Å². The highest BCUT2D eigenvalue weighted by molar-refractivity contribution is 5.51. The van der Waals surface area contributed by atoms with E-state index in [0.29, 0.717) is 17.6 Å². The van der Waals surface area contributed by atoms with Crippen LogP contribution in [0.15, 0.2) is 16.9 Å². The molecule has 0 bridgehead atoms. The van der Waals surface area contributed by atoms with E-state index in [-0.39, 0.29) is 23.5 Å². The minimum Gasteiger partial charge on any atom is -0.373 e. The van der Waals surface area contributed by atoms with Crippen molar-refractivity contribution in [3.8, 4) is 0 Å². The van der Waals surface area contributed by atoms with Gasteiger partial charge in [0.15, 0.2) is 0 Å². The molecule has 0 aliphatic heterocycles. The summed E-state index contributed by atoms with van der Waals surface area (Å²) in [5.74, 6) is 2.45. The highest BCUT2D eigenvalue weighted by Gasteiger charge is 2.32. The molecule has 0 amide bonds. The molecule has 5 N–H and O–H groups in total. The van der Waals surface area contributed by atoms with Crippen LogP contribution in [0.5, 0.6) is 0 Å². The van der Waals surface area contributed by atoms with E-state index < -0.39 is 0 Å². The van der Waals surface area contributed by atoms with Gasteiger partial charge in [-0.05, 0) is 12.8 Å². The molecule has 2 heterocycles. The van der Waals surface area contributed by atoms with Gasteiger partial charge in [0.05, 0.1) is 5.69 Å². The normalized spacial score (nSPS) is 19.5. The largest absolute Gasteiger partial charge is 0.373 e. The second-order valence-corrected chi connectivity index (χ2v) is 6.14. The molecule has 24 heavy (non-hydrogen) atoms. The van der Waals surface area contributed by atoms with Crippen molar-refractivity contribution in [2.75, 3.05) is 42.4 Å². The van der Waals surface area contributed by atoms with E-state index in [1.807, 2.05) is 20.2 Å². The fourth-order valence-electron chi connectivity index (χ4n) is 2.74. The summed E-state index contributed by atoms with van der Waals surface area (Å²) in [6.45, 7) is 0. The first-order valence-corrected chi connectivity index (χ1v) is 7.82. The van der Waals surface area contributed by atoms with E-state index in [4.69, 9.17) is 5.73 Å². The smallest absolute Gasteiger partial charge is 0.252 e. The lowest BCUT2D eigenvalue weighted by Crippen LogP contribution is -2.35. The van der Waals surface area contributed by atoms with Crippen molar-refractivity contribution < 1.29 is 0 Å². The summed E-state index contributed by atoms with van der Waals surface area (Å²) in [5.41, 5.74) is 6.40. The van der Waals surface area contributed by atoms with E-state index in [0.717, 1.165) is 18.5 Å². The van der Waals surface area contributed by atoms with Gasteiger partial charge < -0.3 is 21.3 Å². The van der Waals surface area contributed by atoms with E-state index in [9.17, 15) is 4.79 Å². The summed E-state index contributed by atoms with van der Waals surface area (Å²) in [6.07, 6.45) is 1.78. The Hall–Kier alpha value is -2.84. The second-order valence-electron chi connectivity index (χ2n) is 6.14. The van der Waals surface area contributed by atoms with Crippen molar-refractivity contribution in [3.05, 3.63) is 28.2 Å². The predicted molar refractivity (Wildman–Crippen MR) is 94.6 cm³/mol. The lowest BCUT2D eigenvalue weighted by molar-refractivity contribution is 0.366. The average molecular weight is 330 g/mol. The van der Waals surface area contributed by atoms with Crippen molar-refractivity contribution in [3.63, 3.8) is 0 Å². The number of hydrogen-bond acceptors (Lipinski definition) is 8. The van der Waals surface area contributed by atoms with Gasteiger partial charge >= 0.3 is 0 Å². The fourth-order valence-corrected chi connectivity index (χ4v) is 2.74. The van der Waals surface area contributed by atoms with Crippen LogP contribution in [-0.4, -0.2) is 47.1 Å². The summed E-state index contributed by atoms with van der Waals surface area (Å²) in [7, 11) is 5.49. The van der Waals surface area contributed by atoms with Gasteiger partial charge in [0.1, 0.15) is 11.6 Å². The zero-order valence-electron chi connectivity index (χ0n) is 14.0. The van der Waals surface area contributed by atoms with E-state index in [2.05, 4.69) is 30.6 Å². The number of nitrogens with one attached hydrogen (secondary N) is 3. The number of nitrogens with two attached hydrogens (primary N) is 1. The van der Waals surface area contributed by atoms with E-state index in [1.54, 1.807) is 18.0 Å². The third-order valence-corrected chi connectivity index (χ3v) is 4.08. The minimum absolute atomic E-state index is 0.123. The van der Waals surface area contributed by atoms with Crippen molar-refractivity contribution in [1.29, 1.82) is 0 Å². The molecule has 2 aromatic rings. The number of nitrogens with zero attached hydrogens (tertiary/aromatic N) is 4. The van der Waals surface area contributed by atoms with Crippen LogP contribution in [0.3, 0.4) is 0 Å². The van der Waals surface area contributed by atoms with Crippen LogP contribution in [0.2, 0.25) is 0 Å². The maximum absolute atomic E-state index is 11.8. The highest BCUT2D eigenvalue weighted by Crippen LogP contribution is 2.37. The van der Waals surface area contributed by atoms with E-state index in [1.165, 1.54) is 0 Å². The Morgan fingerprint density at radius 1 is 1.21 bits per heavy atom. The van der Waals surface area contributed by atoms with Crippen LogP contribution in [0.4, 0.5) is 23.5 Å². The third kappa shape index (κ3) is 3.39. The molecule has 0 aromatic carbocycles. The number of H-pyrrole nitrogens is 1. The topological polar surface area (TPSA) is 125 Å². The molecule has 9 heteroatoms. The van der Waals surface area contributed by atoms with Gasteiger partial charge in [-0.1, -0.05) is 0 Å². The Balaban J connectivity index is 1.66. The lowest BCUT2D eigenvalue weighted by atomic mass is 9.78. The summed E-state index contributed by atoms with van der Waals surface area (Å²) in [4.78, 5) is 29.1. The minimum atomic E-state index is -0.123. The molecule has 9 nitrogen and oxygen atoms in total. The third-order valence-electron chi connectivity index (χ3n) is 4.08. The second kappa shape index (κ2) is 6.34. The number of aromatic nitrogens is 4. The maximum atomic E-state index is 11.8. The van der Waals surface area contributed by atoms with Crippen molar-refractivity contribution in [1.82, 2.24) is 19.9 Å². The number of aromatic amines is 1. The molecule has 1 saturated carbocycles. The highest BCUT2D eigenvalue weighted by atomic mass is 16.1. The monoisotopic (exact) mass is 330 g/mol. The molecular formula is C15H22N8O. The van der Waals surface area contributed by atoms with Crippen LogP contribution < -0.4 is 26.8 Å². The Bertz CT molecular complexity index is 781. The molecule has 1 aliphatic carbocycles.